The van der Waals surface area contributed by atoms with Gasteiger partial charge in [-0.1, -0.05) is 6.07 Å². The lowest BCUT2D eigenvalue weighted by atomic mass is 10.3. The predicted molar refractivity (Wildman–Crippen MR) is 72.5 cm³/mol. The number of hydrogen-bond donors (Lipinski definition) is 0. The first-order valence-corrected chi connectivity index (χ1v) is 6.20. The molecule has 0 heterocycles. The molecule has 1 aromatic carbocycles. The van der Waals surface area contributed by atoms with Crippen LogP contribution in [-0.4, -0.2) is 31.0 Å². The van der Waals surface area contributed by atoms with Crippen LogP contribution >= 0.6 is 22.6 Å². The van der Waals surface area contributed by atoms with Crippen molar-refractivity contribution in [1.29, 1.82) is 5.26 Å². The van der Waals surface area contributed by atoms with Gasteiger partial charge in [-0.2, -0.15) is 5.26 Å². The fraction of sp³-hybridized carbons (Fsp3) is 0.333. The molecule has 0 N–H and O–H groups in total. The van der Waals surface area contributed by atoms with Crippen molar-refractivity contribution in [3.63, 3.8) is 0 Å². The Morgan fingerprint density at radius 3 is 3.00 bits per heavy atom. The Morgan fingerprint density at radius 1 is 1.59 bits per heavy atom. The first-order chi connectivity index (χ1) is 8.13. The predicted octanol–water partition coefficient (Wildman–Crippen LogP) is 2.04. The number of rotatable bonds is 5. The van der Waals surface area contributed by atoms with Gasteiger partial charge in [-0.25, -0.2) is 0 Å². The maximum Gasteiger partial charge on any atom is 0.260 e. The van der Waals surface area contributed by atoms with Gasteiger partial charge in [0.2, 0.25) is 0 Å². The van der Waals surface area contributed by atoms with Gasteiger partial charge in [0.25, 0.3) is 5.91 Å². The van der Waals surface area contributed by atoms with E-state index < -0.39 is 0 Å². The molecule has 0 unspecified atom stereocenters. The van der Waals surface area contributed by atoms with E-state index in [9.17, 15) is 4.79 Å². The number of nitriles is 1. The van der Waals surface area contributed by atoms with E-state index in [2.05, 4.69) is 22.6 Å². The number of ether oxygens (including phenoxy) is 1. The molecule has 0 aromatic heterocycles. The van der Waals surface area contributed by atoms with Crippen LogP contribution in [0.25, 0.3) is 0 Å². The van der Waals surface area contributed by atoms with Crippen LogP contribution in [0.3, 0.4) is 0 Å². The molecule has 0 aliphatic heterocycles. The second-order valence-electron chi connectivity index (χ2n) is 3.47. The second kappa shape index (κ2) is 7.12. The van der Waals surface area contributed by atoms with E-state index >= 15 is 0 Å². The van der Waals surface area contributed by atoms with Crippen molar-refractivity contribution >= 4 is 28.5 Å². The lowest BCUT2D eigenvalue weighted by Crippen LogP contribution is -2.32. The van der Waals surface area contributed by atoms with Gasteiger partial charge < -0.3 is 9.64 Å². The van der Waals surface area contributed by atoms with E-state index in [1.807, 2.05) is 30.3 Å². The summed E-state index contributed by atoms with van der Waals surface area (Å²) in [6.07, 6.45) is 0.339. The molecule has 1 aromatic rings. The van der Waals surface area contributed by atoms with Crippen LogP contribution in [0.15, 0.2) is 24.3 Å². The summed E-state index contributed by atoms with van der Waals surface area (Å²) in [5.74, 6) is 0.554. The van der Waals surface area contributed by atoms with Gasteiger partial charge in [-0.05, 0) is 40.8 Å². The van der Waals surface area contributed by atoms with Crippen molar-refractivity contribution in [3.8, 4) is 11.8 Å². The number of carbonyl (C=O) groups excluding carboxylic acids is 1. The summed E-state index contributed by atoms with van der Waals surface area (Å²) in [5.41, 5.74) is 0. The monoisotopic (exact) mass is 344 g/mol. The van der Waals surface area contributed by atoms with Crippen molar-refractivity contribution in [2.24, 2.45) is 0 Å². The number of carbonyl (C=O) groups is 1. The normalized spacial score (nSPS) is 9.47. The zero-order valence-electron chi connectivity index (χ0n) is 9.52. The molecule has 1 amide bonds. The minimum absolute atomic E-state index is 0.00201. The molecule has 0 saturated carbocycles. The molecule has 0 radical (unpaired) electrons. The summed E-state index contributed by atoms with van der Waals surface area (Å²) < 4.78 is 6.43. The van der Waals surface area contributed by atoms with Gasteiger partial charge in [-0.3, -0.25) is 4.79 Å². The van der Waals surface area contributed by atoms with Crippen LogP contribution in [0.1, 0.15) is 6.42 Å². The summed E-state index contributed by atoms with van der Waals surface area (Å²) >= 11 is 2.18. The molecule has 0 fully saturated rings. The Morgan fingerprint density at radius 2 is 2.35 bits per heavy atom. The van der Waals surface area contributed by atoms with Crippen LogP contribution in [0, 0.1) is 14.9 Å². The third-order valence-corrected chi connectivity index (χ3v) is 2.81. The molecule has 4 nitrogen and oxygen atoms in total. The molecule has 1 rings (SSSR count). The van der Waals surface area contributed by atoms with E-state index in [1.54, 1.807) is 7.05 Å². The number of amides is 1. The van der Waals surface area contributed by atoms with Crippen molar-refractivity contribution in [3.05, 3.63) is 27.8 Å². The van der Waals surface area contributed by atoms with Crippen LogP contribution in [0.2, 0.25) is 0 Å². The highest BCUT2D eigenvalue weighted by molar-refractivity contribution is 14.1. The summed E-state index contributed by atoms with van der Waals surface area (Å²) in [4.78, 5) is 13.1. The first kappa shape index (κ1) is 13.8. The number of halogens is 1. The average molecular weight is 344 g/mol. The number of benzene rings is 1. The molecule has 0 spiro atoms. The van der Waals surface area contributed by atoms with Gasteiger partial charge in [0.1, 0.15) is 5.75 Å². The Kier molecular flexibility index (Phi) is 5.77. The van der Waals surface area contributed by atoms with Gasteiger partial charge in [0.05, 0.1) is 12.5 Å². The van der Waals surface area contributed by atoms with Crippen LogP contribution in [0.5, 0.6) is 5.75 Å². The standard InChI is InChI=1S/C12H13IN2O2/c1-15(7-3-6-14)12(16)9-17-11-5-2-4-10(13)8-11/h2,4-5,8H,3,7,9H2,1H3. The molecule has 0 bridgehead atoms. The van der Waals surface area contributed by atoms with Crippen LogP contribution < -0.4 is 4.74 Å². The van der Waals surface area contributed by atoms with Gasteiger partial charge >= 0.3 is 0 Å². The highest BCUT2D eigenvalue weighted by Crippen LogP contribution is 2.14. The first-order valence-electron chi connectivity index (χ1n) is 5.13. The third-order valence-electron chi connectivity index (χ3n) is 2.14. The van der Waals surface area contributed by atoms with Crippen molar-refractivity contribution in [1.82, 2.24) is 4.90 Å². The molecule has 5 heteroatoms. The zero-order valence-corrected chi connectivity index (χ0v) is 11.7. The largest absolute Gasteiger partial charge is 0.484 e. The molecule has 90 valence electrons. The van der Waals surface area contributed by atoms with E-state index in [1.165, 1.54) is 4.90 Å². The van der Waals surface area contributed by atoms with E-state index in [-0.39, 0.29) is 12.5 Å². The average Bonchev–Trinajstić information content (AvgIpc) is 2.33. The smallest absolute Gasteiger partial charge is 0.260 e. The minimum atomic E-state index is -0.126. The van der Waals surface area contributed by atoms with E-state index in [4.69, 9.17) is 10.00 Å². The lowest BCUT2D eigenvalue weighted by molar-refractivity contribution is -0.131. The molecule has 17 heavy (non-hydrogen) atoms. The van der Waals surface area contributed by atoms with Gasteiger partial charge in [0.15, 0.2) is 6.61 Å². The van der Waals surface area contributed by atoms with Gasteiger partial charge in [-0.15, -0.1) is 0 Å². The summed E-state index contributed by atoms with van der Waals surface area (Å²) in [6.45, 7) is 0.438. The fourth-order valence-electron chi connectivity index (χ4n) is 1.15. The molecular weight excluding hydrogens is 331 g/mol. The Bertz CT molecular complexity index is 429. The maximum atomic E-state index is 11.6. The quantitative estimate of drug-likeness (QED) is 0.769. The second-order valence-corrected chi connectivity index (χ2v) is 4.72. The highest BCUT2D eigenvalue weighted by atomic mass is 127. The Hall–Kier alpha value is -1.29. The SMILES string of the molecule is CN(CCC#N)C(=O)COc1cccc(I)c1. The molecular formula is C12H13IN2O2. The highest BCUT2D eigenvalue weighted by Gasteiger charge is 2.08. The van der Waals surface area contributed by atoms with Crippen LogP contribution in [-0.2, 0) is 4.79 Å². The summed E-state index contributed by atoms with van der Waals surface area (Å²) in [6, 6.07) is 9.50. The van der Waals surface area contributed by atoms with Gasteiger partial charge in [0, 0.05) is 17.2 Å². The van der Waals surface area contributed by atoms with Crippen LogP contribution in [0.4, 0.5) is 0 Å². The molecule has 0 atom stereocenters. The Labute approximate surface area is 114 Å². The van der Waals surface area contributed by atoms with E-state index in [0.717, 1.165) is 3.57 Å². The molecule has 0 aliphatic carbocycles. The Balaban J connectivity index is 2.40. The topological polar surface area (TPSA) is 53.3 Å². The fourth-order valence-corrected chi connectivity index (χ4v) is 1.67. The number of likely N-dealkylation sites (N-methyl/N-ethyl adjacent to an activating group) is 1. The molecule has 0 saturated heterocycles. The van der Waals surface area contributed by atoms with Crippen molar-refractivity contribution in [2.45, 2.75) is 6.42 Å². The summed E-state index contributed by atoms with van der Waals surface area (Å²) in [5, 5.41) is 8.42. The van der Waals surface area contributed by atoms with Crippen molar-refractivity contribution < 1.29 is 9.53 Å². The molecule has 0 aliphatic rings. The maximum absolute atomic E-state index is 11.6. The zero-order chi connectivity index (χ0) is 12.7. The third kappa shape index (κ3) is 5.04. The minimum Gasteiger partial charge on any atom is -0.484 e. The lowest BCUT2D eigenvalue weighted by Gasteiger charge is -2.15. The summed E-state index contributed by atoms with van der Waals surface area (Å²) in [7, 11) is 1.66. The number of hydrogen-bond acceptors (Lipinski definition) is 3. The number of nitrogens with zero attached hydrogens (tertiary/aromatic N) is 2. The van der Waals surface area contributed by atoms with Crippen molar-refractivity contribution in [2.75, 3.05) is 20.2 Å². The van der Waals surface area contributed by atoms with E-state index in [0.29, 0.717) is 18.7 Å².